The first-order valence-electron chi connectivity index (χ1n) is 16.4. The standard InChI is InChI=1S/C40H37N5O6/c1-4-50-39(47)36-26(2)42-40(48)43-37(36)29-20-21-33(34(23-29)49-3)51-25-35(46)44-41-24-30-22-32(27-14-8-5-9-15-27)45(31-18-12-7-13-19-31)38(30)28-16-10-6-11-17-28/h5-24,37H,4,25H2,1-3H3,(H,44,46)(H2,42,43,48)/b41-24-/t37-/m0/s1. The monoisotopic (exact) mass is 683 g/mol. The number of carbonyl (C=O) groups is 3. The maximum atomic E-state index is 12.9. The largest absolute Gasteiger partial charge is 0.493 e. The molecule has 1 aliphatic rings. The highest BCUT2D eigenvalue weighted by atomic mass is 16.5. The smallest absolute Gasteiger partial charge is 0.338 e. The van der Waals surface area contributed by atoms with E-state index in [9.17, 15) is 14.4 Å². The van der Waals surface area contributed by atoms with Crippen molar-refractivity contribution in [3.05, 3.63) is 138 Å². The van der Waals surface area contributed by atoms with Gasteiger partial charge in [-0.2, -0.15) is 5.10 Å². The highest BCUT2D eigenvalue weighted by Gasteiger charge is 2.32. The molecule has 6 rings (SSSR count). The van der Waals surface area contributed by atoms with Crippen LogP contribution in [0.3, 0.4) is 0 Å². The molecule has 11 heteroatoms. The number of urea groups is 1. The van der Waals surface area contributed by atoms with E-state index in [1.54, 1.807) is 38.3 Å². The summed E-state index contributed by atoms with van der Waals surface area (Å²) >= 11 is 0. The molecule has 1 aliphatic heterocycles. The molecule has 4 aromatic carbocycles. The Hall–Kier alpha value is -6.62. The molecular formula is C40H37N5O6. The van der Waals surface area contributed by atoms with E-state index in [1.165, 1.54) is 7.11 Å². The summed E-state index contributed by atoms with van der Waals surface area (Å²) in [5.41, 5.74) is 9.49. The minimum absolute atomic E-state index is 0.182. The summed E-state index contributed by atoms with van der Waals surface area (Å²) in [7, 11) is 1.46. The maximum Gasteiger partial charge on any atom is 0.338 e. The second kappa shape index (κ2) is 15.7. The van der Waals surface area contributed by atoms with Gasteiger partial charge in [0.1, 0.15) is 0 Å². The van der Waals surface area contributed by atoms with Crippen LogP contribution in [-0.2, 0) is 14.3 Å². The van der Waals surface area contributed by atoms with Gasteiger partial charge in [-0.05, 0) is 60.9 Å². The lowest BCUT2D eigenvalue weighted by Crippen LogP contribution is -2.45. The normalized spacial score (nSPS) is 14.1. The molecule has 0 aliphatic carbocycles. The highest BCUT2D eigenvalue weighted by molar-refractivity contribution is 5.95. The Morgan fingerprint density at radius 1 is 0.882 bits per heavy atom. The lowest BCUT2D eigenvalue weighted by molar-refractivity contribution is -0.139. The number of nitrogens with zero attached hydrogens (tertiary/aromatic N) is 2. The molecule has 1 atom stereocenters. The third kappa shape index (κ3) is 7.67. The Morgan fingerprint density at radius 2 is 1.55 bits per heavy atom. The Bertz CT molecular complexity index is 2090. The van der Waals surface area contributed by atoms with Gasteiger partial charge in [-0.25, -0.2) is 15.0 Å². The van der Waals surface area contributed by atoms with Crippen LogP contribution < -0.4 is 25.5 Å². The number of nitrogens with one attached hydrogen (secondary N) is 3. The van der Waals surface area contributed by atoms with Crippen LogP contribution in [0.2, 0.25) is 0 Å². The molecule has 2 heterocycles. The van der Waals surface area contributed by atoms with Gasteiger partial charge in [0, 0.05) is 16.9 Å². The Balaban J connectivity index is 1.22. The van der Waals surface area contributed by atoms with E-state index in [4.69, 9.17) is 14.2 Å². The Kier molecular flexibility index (Phi) is 10.6. The van der Waals surface area contributed by atoms with Gasteiger partial charge in [0.15, 0.2) is 18.1 Å². The minimum atomic E-state index is -0.779. The van der Waals surface area contributed by atoms with E-state index < -0.39 is 23.9 Å². The van der Waals surface area contributed by atoms with Gasteiger partial charge < -0.3 is 29.4 Å². The van der Waals surface area contributed by atoms with Crippen LogP contribution in [0.15, 0.2) is 132 Å². The van der Waals surface area contributed by atoms with Gasteiger partial charge in [0.25, 0.3) is 5.91 Å². The number of aromatic nitrogens is 1. The number of ether oxygens (including phenoxy) is 3. The van der Waals surface area contributed by atoms with Crippen molar-refractivity contribution in [2.45, 2.75) is 19.9 Å². The zero-order valence-corrected chi connectivity index (χ0v) is 28.4. The number of benzene rings is 4. The van der Waals surface area contributed by atoms with E-state index in [2.05, 4.69) is 56.1 Å². The zero-order chi connectivity index (χ0) is 35.7. The number of hydrazone groups is 1. The van der Waals surface area contributed by atoms with Crippen molar-refractivity contribution in [1.29, 1.82) is 0 Å². The molecular weight excluding hydrogens is 646 g/mol. The molecule has 0 saturated carbocycles. The molecule has 0 spiro atoms. The van der Waals surface area contributed by atoms with Crippen molar-refractivity contribution in [3.63, 3.8) is 0 Å². The lowest BCUT2D eigenvalue weighted by Gasteiger charge is -2.28. The van der Waals surface area contributed by atoms with Gasteiger partial charge in [-0.3, -0.25) is 4.79 Å². The fraction of sp³-hybridized carbons (Fsp3) is 0.150. The van der Waals surface area contributed by atoms with Crippen LogP contribution in [0.4, 0.5) is 4.79 Å². The second-order valence-corrected chi connectivity index (χ2v) is 11.5. The number of amides is 3. The van der Waals surface area contributed by atoms with Gasteiger partial charge in [-0.15, -0.1) is 0 Å². The number of methoxy groups -OCH3 is 1. The first kappa shape index (κ1) is 34.3. The number of hydrogen-bond donors (Lipinski definition) is 3. The topological polar surface area (TPSA) is 132 Å². The summed E-state index contributed by atoms with van der Waals surface area (Å²) in [4.78, 5) is 37.9. The van der Waals surface area contributed by atoms with Crippen LogP contribution in [0.5, 0.6) is 11.5 Å². The minimum Gasteiger partial charge on any atom is -0.493 e. The quantitative estimate of drug-likeness (QED) is 0.0778. The van der Waals surface area contributed by atoms with Crippen LogP contribution in [-0.4, -0.2) is 49.0 Å². The molecule has 1 aromatic heterocycles. The third-order valence-electron chi connectivity index (χ3n) is 8.20. The zero-order valence-electron chi connectivity index (χ0n) is 28.4. The van der Waals surface area contributed by atoms with Gasteiger partial charge in [-0.1, -0.05) is 84.9 Å². The summed E-state index contributed by atoms with van der Waals surface area (Å²) in [6, 6.07) is 36.0. The molecule has 3 amide bonds. The maximum absolute atomic E-state index is 12.9. The predicted molar refractivity (Wildman–Crippen MR) is 195 cm³/mol. The third-order valence-corrected chi connectivity index (χ3v) is 8.20. The van der Waals surface area contributed by atoms with Gasteiger partial charge in [0.2, 0.25) is 0 Å². The van der Waals surface area contributed by atoms with Crippen molar-refractivity contribution in [2.24, 2.45) is 5.10 Å². The number of carbonyl (C=O) groups excluding carboxylic acids is 3. The summed E-state index contributed by atoms with van der Waals surface area (Å²) in [5.74, 6) is -0.440. The number of esters is 1. The van der Waals surface area contributed by atoms with Gasteiger partial charge in [0.05, 0.1) is 42.9 Å². The molecule has 5 aromatic rings. The lowest BCUT2D eigenvalue weighted by atomic mass is 9.95. The van der Waals surface area contributed by atoms with Gasteiger partial charge >= 0.3 is 12.0 Å². The number of para-hydroxylation sites is 1. The van der Waals surface area contributed by atoms with Crippen molar-refractivity contribution < 1.29 is 28.6 Å². The van der Waals surface area contributed by atoms with E-state index in [0.717, 1.165) is 33.8 Å². The fourth-order valence-corrected chi connectivity index (χ4v) is 5.94. The van der Waals surface area contributed by atoms with E-state index in [1.807, 2.05) is 66.7 Å². The molecule has 0 fully saturated rings. The van der Waals surface area contributed by atoms with E-state index in [0.29, 0.717) is 17.0 Å². The van der Waals surface area contributed by atoms with E-state index >= 15 is 0 Å². The molecule has 0 bridgehead atoms. The summed E-state index contributed by atoms with van der Waals surface area (Å²) < 4.78 is 18.8. The van der Waals surface area contributed by atoms with Crippen molar-refractivity contribution in [2.75, 3.05) is 20.3 Å². The first-order chi connectivity index (χ1) is 24.9. The van der Waals surface area contributed by atoms with Crippen molar-refractivity contribution >= 4 is 24.1 Å². The highest BCUT2D eigenvalue weighted by Crippen LogP contribution is 2.36. The molecule has 51 heavy (non-hydrogen) atoms. The van der Waals surface area contributed by atoms with Crippen LogP contribution >= 0.6 is 0 Å². The van der Waals surface area contributed by atoms with Crippen molar-refractivity contribution in [1.82, 2.24) is 20.6 Å². The van der Waals surface area contributed by atoms with Crippen LogP contribution in [0.25, 0.3) is 28.2 Å². The predicted octanol–water partition coefficient (Wildman–Crippen LogP) is 6.54. The Labute approximate surface area is 295 Å². The van der Waals surface area contributed by atoms with E-state index in [-0.39, 0.29) is 24.5 Å². The molecule has 0 saturated heterocycles. The fourth-order valence-electron chi connectivity index (χ4n) is 5.94. The Morgan fingerprint density at radius 3 is 2.22 bits per heavy atom. The van der Waals surface area contributed by atoms with Crippen molar-refractivity contribution in [3.8, 4) is 39.7 Å². The number of hydrogen-bond acceptors (Lipinski definition) is 7. The number of allylic oxidation sites excluding steroid dienone is 1. The summed E-state index contributed by atoms with van der Waals surface area (Å²) in [6.45, 7) is 3.18. The average molecular weight is 684 g/mol. The summed E-state index contributed by atoms with van der Waals surface area (Å²) in [6.07, 6.45) is 1.63. The summed E-state index contributed by atoms with van der Waals surface area (Å²) in [5, 5.41) is 9.68. The van der Waals surface area contributed by atoms with Crippen LogP contribution in [0, 0.1) is 0 Å². The molecule has 3 N–H and O–H groups in total. The molecule has 11 nitrogen and oxygen atoms in total. The molecule has 258 valence electrons. The first-order valence-corrected chi connectivity index (χ1v) is 16.4. The SMILES string of the molecule is CCOC(=O)C1=C(C)NC(=O)N[C@H]1c1ccc(OCC(=O)N/N=C\c2cc(-c3ccccc3)n(-c3ccccc3)c2-c2ccccc2)c(OC)c1. The molecule has 0 radical (unpaired) electrons. The molecule has 0 unspecified atom stereocenters. The number of rotatable bonds is 12. The van der Waals surface area contributed by atoms with Crippen LogP contribution in [0.1, 0.15) is 31.0 Å². The average Bonchev–Trinajstić information content (AvgIpc) is 3.54. The second-order valence-electron chi connectivity index (χ2n) is 11.5.